The number of aliphatic hydroxyl groups excluding tert-OH is 1. The van der Waals surface area contributed by atoms with Crippen molar-refractivity contribution in [1.82, 2.24) is 10.6 Å². The van der Waals surface area contributed by atoms with Gasteiger partial charge in [0.2, 0.25) is 0 Å². The molecule has 0 bridgehead atoms. The molecule has 1 saturated heterocycles. The smallest absolute Gasteiger partial charge is 0.315 e. The Morgan fingerprint density at radius 2 is 2.20 bits per heavy atom. The van der Waals surface area contributed by atoms with Crippen LogP contribution in [-0.2, 0) is 17.9 Å². The van der Waals surface area contributed by atoms with E-state index in [9.17, 15) is 9.90 Å². The molecule has 2 amide bonds. The van der Waals surface area contributed by atoms with Gasteiger partial charge in [0.25, 0.3) is 0 Å². The Kier molecular flexibility index (Phi) is 5.38. The Morgan fingerprint density at radius 3 is 2.85 bits per heavy atom. The summed E-state index contributed by atoms with van der Waals surface area (Å²) in [4.78, 5) is 11.8. The van der Waals surface area contributed by atoms with Crippen LogP contribution in [0.5, 0.6) is 0 Å². The van der Waals surface area contributed by atoms with Crippen LogP contribution in [-0.4, -0.2) is 29.9 Å². The van der Waals surface area contributed by atoms with Crippen LogP contribution in [0.3, 0.4) is 0 Å². The second-order valence-electron chi connectivity index (χ2n) is 5.09. The number of benzene rings is 1. The highest BCUT2D eigenvalue weighted by molar-refractivity contribution is 5.74. The lowest BCUT2D eigenvalue weighted by atomic mass is 10.1. The van der Waals surface area contributed by atoms with E-state index in [1.165, 1.54) is 0 Å². The number of hydrogen-bond acceptors (Lipinski definition) is 3. The highest BCUT2D eigenvalue weighted by atomic mass is 16.5. The Morgan fingerprint density at radius 1 is 1.45 bits per heavy atom. The fourth-order valence-electron chi connectivity index (χ4n) is 2.41. The Hall–Kier alpha value is -1.59. The minimum Gasteiger partial charge on any atom is -0.392 e. The van der Waals surface area contributed by atoms with Crippen LogP contribution in [0.2, 0.25) is 0 Å². The molecule has 2 atom stereocenters. The number of hydrogen-bond donors (Lipinski definition) is 3. The number of urea groups is 1. The third-order valence-electron chi connectivity index (χ3n) is 3.61. The van der Waals surface area contributed by atoms with Crippen molar-refractivity contribution in [3.05, 3.63) is 35.4 Å². The summed E-state index contributed by atoms with van der Waals surface area (Å²) in [5.41, 5.74) is 1.76. The summed E-state index contributed by atoms with van der Waals surface area (Å²) in [5.74, 6) is 0. The van der Waals surface area contributed by atoms with E-state index in [4.69, 9.17) is 4.74 Å². The normalized spacial score (nSPS) is 19.6. The first kappa shape index (κ1) is 14.8. The summed E-state index contributed by atoms with van der Waals surface area (Å²) in [6.45, 7) is 3.12. The molecule has 5 heteroatoms. The molecular weight excluding hydrogens is 256 g/mol. The van der Waals surface area contributed by atoms with Crippen molar-refractivity contribution in [3.63, 3.8) is 0 Å². The van der Waals surface area contributed by atoms with Crippen molar-refractivity contribution in [2.75, 3.05) is 6.61 Å². The van der Waals surface area contributed by atoms with Gasteiger partial charge < -0.3 is 20.5 Å². The third-order valence-corrected chi connectivity index (χ3v) is 3.61. The first-order valence-corrected chi connectivity index (χ1v) is 7.04. The van der Waals surface area contributed by atoms with Crippen LogP contribution < -0.4 is 10.6 Å². The molecule has 0 saturated carbocycles. The lowest BCUT2D eigenvalue weighted by Crippen LogP contribution is -2.45. The van der Waals surface area contributed by atoms with E-state index >= 15 is 0 Å². The number of carbonyl (C=O) groups excluding carboxylic acids is 1. The molecular formula is C15H22N2O3. The summed E-state index contributed by atoms with van der Waals surface area (Å²) < 4.78 is 5.54. The fraction of sp³-hybridized carbons (Fsp3) is 0.533. The molecule has 20 heavy (non-hydrogen) atoms. The third kappa shape index (κ3) is 3.95. The molecule has 0 radical (unpaired) electrons. The first-order chi connectivity index (χ1) is 9.70. The van der Waals surface area contributed by atoms with E-state index in [2.05, 4.69) is 10.6 Å². The zero-order valence-electron chi connectivity index (χ0n) is 11.8. The monoisotopic (exact) mass is 278 g/mol. The standard InChI is InChI=1S/C15H22N2O3/c1-11(14-7-4-8-20-14)17-15(19)16-9-12-5-2-3-6-13(12)10-18/h2-3,5-6,11,14,18H,4,7-10H2,1H3,(H2,16,17,19). The van der Waals surface area contributed by atoms with Gasteiger partial charge in [0.05, 0.1) is 18.8 Å². The lowest BCUT2D eigenvalue weighted by molar-refractivity contribution is 0.0860. The molecule has 1 aromatic rings. The lowest BCUT2D eigenvalue weighted by Gasteiger charge is -2.20. The minimum absolute atomic E-state index is 0.00517. The number of nitrogens with one attached hydrogen (secondary N) is 2. The Bertz CT molecular complexity index is 444. The molecule has 0 aromatic heterocycles. The predicted octanol–water partition coefficient (Wildman–Crippen LogP) is 1.55. The van der Waals surface area contributed by atoms with Crippen molar-refractivity contribution in [2.24, 2.45) is 0 Å². The maximum absolute atomic E-state index is 11.8. The molecule has 2 rings (SSSR count). The molecule has 110 valence electrons. The Labute approximate surface area is 119 Å². The van der Waals surface area contributed by atoms with Gasteiger partial charge in [-0.3, -0.25) is 0 Å². The van der Waals surface area contributed by atoms with E-state index in [0.29, 0.717) is 6.54 Å². The van der Waals surface area contributed by atoms with Gasteiger partial charge in [-0.05, 0) is 30.9 Å². The maximum atomic E-state index is 11.8. The molecule has 5 nitrogen and oxygen atoms in total. The summed E-state index contributed by atoms with van der Waals surface area (Å²) in [7, 11) is 0. The van der Waals surface area contributed by atoms with Crippen LogP contribution >= 0.6 is 0 Å². The molecule has 2 unspecified atom stereocenters. The molecule has 1 fully saturated rings. The number of ether oxygens (including phenoxy) is 1. The van der Waals surface area contributed by atoms with Crippen molar-refractivity contribution in [2.45, 2.75) is 45.1 Å². The van der Waals surface area contributed by atoms with Crippen LogP contribution in [0.4, 0.5) is 4.79 Å². The van der Waals surface area contributed by atoms with Gasteiger partial charge in [0.1, 0.15) is 0 Å². The van der Waals surface area contributed by atoms with E-state index in [0.717, 1.165) is 30.6 Å². The molecule has 0 spiro atoms. The number of aliphatic hydroxyl groups is 1. The van der Waals surface area contributed by atoms with Crippen molar-refractivity contribution >= 4 is 6.03 Å². The first-order valence-electron chi connectivity index (χ1n) is 7.04. The fourth-order valence-corrected chi connectivity index (χ4v) is 2.41. The molecule has 1 aliphatic heterocycles. The van der Waals surface area contributed by atoms with Gasteiger partial charge in [0, 0.05) is 13.2 Å². The van der Waals surface area contributed by atoms with Gasteiger partial charge in [0.15, 0.2) is 0 Å². The van der Waals surface area contributed by atoms with Gasteiger partial charge in [-0.25, -0.2) is 4.79 Å². The van der Waals surface area contributed by atoms with Gasteiger partial charge >= 0.3 is 6.03 Å². The van der Waals surface area contributed by atoms with E-state index in [1.54, 1.807) is 0 Å². The SMILES string of the molecule is CC(NC(=O)NCc1ccccc1CO)C1CCCO1. The van der Waals surface area contributed by atoms with Crippen LogP contribution in [0.15, 0.2) is 24.3 Å². The summed E-state index contributed by atoms with van der Waals surface area (Å²) >= 11 is 0. The zero-order valence-corrected chi connectivity index (χ0v) is 11.8. The quantitative estimate of drug-likeness (QED) is 0.765. The van der Waals surface area contributed by atoms with Crippen molar-refractivity contribution in [1.29, 1.82) is 0 Å². The Balaban J connectivity index is 1.79. The molecule has 1 heterocycles. The van der Waals surface area contributed by atoms with E-state index in [1.807, 2.05) is 31.2 Å². The minimum atomic E-state index is -0.208. The average molecular weight is 278 g/mol. The van der Waals surface area contributed by atoms with Crippen LogP contribution in [0.1, 0.15) is 30.9 Å². The molecule has 1 aliphatic rings. The molecule has 1 aromatic carbocycles. The zero-order chi connectivity index (χ0) is 14.4. The van der Waals surface area contributed by atoms with Crippen LogP contribution in [0.25, 0.3) is 0 Å². The second-order valence-corrected chi connectivity index (χ2v) is 5.09. The summed E-state index contributed by atoms with van der Waals surface area (Å²) in [5, 5.41) is 14.9. The summed E-state index contributed by atoms with van der Waals surface area (Å²) in [6.07, 6.45) is 2.17. The molecule has 3 N–H and O–H groups in total. The second kappa shape index (κ2) is 7.26. The topological polar surface area (TPSA) is 70.6 Å². The predicted molar refractivity (Wildman–Crippen MR) is 76.2 cm³/mol. The van der Waals surface area contributed by atoms with E-state index < -0.39 is 0 Å². The van der Waals surface area contributed by atoms with Crippen molar-refractivity contribution in [3.8, 4) is 0 Å². The van der Waals surface area contributed by atoms with Crippen LogP contribution in [0, 0.1) is 0 Å². The van der Waals surface area contributed by atoms with Gasteiger partial charge in [-0.1, -0.05) is 24.3 Å². The molecule has 0 aliphatic carbocycles. The van der Waals surface area contributed by atoms with Gasteiger partial charge in [-0.15, -0.1) is 0 Å². The van der Waals surface area contributed by atoms with E-state index in [-0.39, 0.29) is 24.8 Å². The van der Waals surface area contributed by atoms with Crippen molar-refractivity contribution < 1.29 is 14.6 Å². The number of carbonyl (C=O) groups is 1. The number of rotatable bonds is 5. The maximum Gasteiger partial charge on any atom is 0.315 e. The number of amides is 2. The highest BCUT2D eigenvalue weighted by Gasteiger charge is 2.23. The average Bonchev–Trinajstić information content (AvgIpc) is 2.99. The van der Waals surface area contributed by atoms with Gasteiger partial charge in [-0.2, -0.15) is 0 Å². The summed E-state index contributed by atoms with van der Waals surface area (Å²) in [6, 6.07) is 7.31. The highest BCUT2D eigenvalue weighted by Crippen LogP contribution is 2.15. The largest absolute Gasteiger partial charge is 0.392 e.